The number of anilines is 1. The first-order valence-electron chi connectivity index (χ1n) is 6.25. The van der Waals surface area contributed by atoms with Gasteiger partial charge in [-0.2, -0.15) is 0 Å². The van der Waals surface area contributed by atoms with Gasteiger partial charge in [-0.3, -0.25) is 0 Å². The van der Waals surface area contributed by atoms with Crippen molar-refractivity contribution in [2.45, 2.75) is 39.8 Å². The van der Waals surface area contributed by atoms with Gasteiger partial charge in [0.05, 0.1) is 0 Å². The van der Waals surface area contributed by atoms with Crippen molar-refractivity contribution < 1.29 is 0 Å². The molecule has 1 fully saturated rings. The number of nitrogens with zero attached hydrogens (tertiary/aromatic N) is 1. The zero-order valence-corrected chi connectivity index (χ0v) is 12.6. The van der Waals surface area contributed by atoms with E-state index in [-0.39, 0.29) is 0 Å². The van der Waals surface area contributed by atoms with E-state index in [2.05, 4.69) is 66.0 Å². The molecule has 1 saturated heterocycles. The largest absolute Gasteiger partial charge is 0.368 e. The minimum Gasteiger partial charge on any atom is -0.368 e. The van der Waals surface area contributed by atoms with Gasteiger partial charge in [0, 0.05) is 35.3 Å². The zero-order chi connectivity index (χ0) is 12.6. The van der Waals surface area contributed by atoms with E-state index in [1.807, 2.05) is 0 Å². The number of hydrogen-bond acceptors (Lipinski definition) is 2. The van der Waals surface area contributed by atoms with Gasteiger partial charge in [0.15, 0.2) is 0 Å². The van der Waals surface area contributed by atoms with Gasteiger partial charge in [-0.1, -0.05) is 15.9 Å². The number of hydrogen-bond donors (Lipinski definition) is 1. The van der Waals surface area contributed by atoms with Gasteiger partial charge < -0.3 is 10.2 Å². The van der Waals surface area contributed by atoms with Crippen LogP contribution in [0.3, 0.4) is 0 Å². The average Bonchev–Trinajstić information content (AvgIpc) is 2.13. The van der Waals surface area contributed by atoms with Gasteiger partial charge in [0.2, 0.25) is 0 Å². The number of aryl methyl sites for hydroxylation is 2. The Morgan fingerprint density at radius 2 is 1.59 bits per heavy atom. The summed E-state index contributed by atoms with van der Waals surface area (Å²) < 4.78 is 1.17. The topological polar surface area (TPSA) is 15.3 Å². The molecule has 1 aliphatic heterocycles. The highest BCUT2D eigenvalue weighted by Crippen LogP contribution is 2.29. The van der Waals surface area contributed by atoms with E-state index in [9.17, 15) is 0 Å². The summed E-state index contributed by atoms with van der Waals surface area (Å²) in [6.45, 7) is 11.1. The molecule has 1 aromatic rings. The molecule has 0 radical (unpaired) electrons. The van der Waals surface area contributed by atoms with Crippen LogP contribution in [0.2, 0.25) is 0 Å². The maximum absolute atomic E-state index is 3.58. The molecule has 1 aliphatic rings. The Labute approximate surface area is 113 Å². The van der Waals surface area contributed by atoms with Crippen LogP contribution >= 0.6 is 15.9 Å². The van der Waals surface area contributed by atoms with E-state index in [1.165, 1.54) is 21.3 Å². The lowest BCUT2D eigenvalue weighted by Gasteiger charge is -2.39. The van der Waals surface area contributed by atoms with Crippen LogP contribution < -0.4 is 10.2 Å². The van der Waals surface area contributed by atoms with E-state index in [4.69, 9.17) is 0 Å². The summed E-state index contributed by atoms with van der Waals surface area (Å²) in [5.74, 6) is 0. The van der Waals surface area contributed by atoms with Crippen LogP contribution in [0.5, 0.6) is 0 Å². The molecule has 1 aromatic carbocycles. The summed E-state index contributed by atoms with van der Waals surface area (Å²) in [7, 11) is 0. The van der Waals surface area contributed by atoms with Crippen LogP contribution in [-0.4, -0.2) is 25.2 Å². The zero-order valence-electron chi connectivity index (χ0n) is 11.0. The number of rotatable bonds is 1. The van der Waals surface area contributed by atoms with Gasteiger partial charge in [-0.05, 0) is 51.0 Å². The average molecular weight is 297 g/mol. The van der Waals surface area contributed by atoms with Crippen molar-refractivity contribution in [3.8, 4) is 0 Å². The SMILES string of the molecule is Cc1cc(Br)cc(C)c1N1CC(C)NC(C)C1. The lowest BCUT2D eigenvalue weighted by molar-refractivity contribution is 0.406. The molecule has 0 saturated carbocycles. The van der Waals surface area contributed by atoms with E-state index >= 15 is 0 Å². The highest BCUT2D eigenvalue weighted by Gasteiger charge is 2.23. The minimum atomic E-state index is 0.557. The van der Waals surface area contributed by atoms with Crippen molar-refractivity contribution in [3.63, 3.8) is 0 Å². The van der Waals surface area contributed by atoms with Gasteiger partial charge in [0.1, 0.15) is 0 Å². The van der Waals surface area contributed by atoms with Crippen LogP contribution in [0.15, 0.2) is 16.6 Å². The smallest absolute Gasteiger partial charge is 0.0427 e. The molecule has 0 amide bonds. The molecule has 94 valence electrons. The van der Waals surface area contributed by atoms with Crippen molar-refractivity contribution in [1.29, 1.82) is 0 Å². The van der Waals surface area contributed by atoms with Crippen LogP contribution in [0, 0.1) is 13.8 Å². The van der Waals surface area contributed by atoms with E-state index in [0.717, 1.165) is 13.1 Å². The quantitative estimate of drug-likeness (QED) is 0.856. The lowest BCUT2D eigenvalue weighted by Crippen LogP contribution is -2.54. The molecule has 2 nitrogen and oxygen atoms in total. The number of piperazine rings is 1. The Morgan fingerprint density at radius 1 is 1.12 bits per heavy atom. The first kappa shape index (κ1) is 12.9. The second-order valence-electron chi connectivity index (χ2n) is 5.26. The monoisotopic (exact) mass is 296 g/mol. The van der Waals surface area contributed by atoms with Gasteiger partial charge in [-0.25, -0.2) is 0 Å². The van der Waals surface area contributed by atoms with Crippen LogP contribution in [0.25, 0.3) is 0 Å². The number of halogens is 1. The Bertz CT molecular complexity index is 384. The maximum atomic E-state index is 3.58. The molecular formula is C14H21BrN2. The molecule has 1 heterocycles. The van der Waals surface area contributed by atoms with Crippen molar-refractivity contribution in [2.24, 2.45) is 0 Å². The first-order chi connectivity index (χ1) is 7.97. The second kappa shape index (κ2) is 4.99. The van der Waals surface area contributed by atoms with E-state index in [0.29, 0.717) is 12.1 Å². The van der Waals surface area contributed by atoms with Crippen LogP contribution in [0.1, 0.15) is 25.0 Å². The van der Waals surface area contributed by atoms with E-state index in [1.54, 1.807) is 0 Å². The van der Waals surface area contributed by atoms with Crippen molar-refractivity contribution in [3.05, 3.63) is 27.7 Å². The summed E-state index contributed by atoms with van der Waals surface area (Å²) in [6, 6.07) is 5.53. The fraction of sp³-hybridized carbons (Fsp3) is 0.571. The van der Waals surface area contributed by atoms with E-state index < -0.39 is 0 Å². The predicted molar refractivity (Wildman–Crippen MR) is 77.9 cm³/mol. The maximum Gasteiger partial charge on any atom is 0.0427 e. The van der Waals surface area contributed by atoms with Crippen molar-refractivity contribution in [2.75, 3.05) is 18.0 Å². The molecule has 0 bridgehead atoms. The molecule has 17 heavy (non-hydrogen) atoms. The summed E-state index contributed by atoms with van der Waals surface area (Å²) in [4.78, 5) is 2.52. The molecule has 2 rings (SSSR count). The molecule has 2 atom stereocenters. The van der Waals surface area contributed by atoms with Crippen LogP contribution in [-0.2, 0) is 0 Å². The number of benzene rings is 1. The fourth-order valence-corrected chi connectivity index (χ4v) is 3.60. The molecule has 2 unspecified atom stereocenters. The third-order valence-electron chi connectivity index (χ3n) is 3.33. The van der Waals surface area contributed by atoms with Gasteiger partial charge in [0.25, 0.3) is 0 Å². The molecule has 0 aromatic heterocycles. The molecule has 1 N–H and O–H groups in total. The van der Waals surface area contributed by atoms with Crippen LogP contribution in [0.4, 0.5) is 5.69 Å². The third kappa shape index (κ3) is 2.83. The normalized spacial score (nSPS) is 25.1. The second-order valence-corrected chi connectivity index (χ2v) is 6.18. The Morgan fingerprint density at radius 3 is 2.06 bits per heavy atom. The number of nitrogens with one attached hydrogen (secondary N) is 1. The highest BCUT2D eigenvalue weighted by molar-refractivity contribution is 9.10. The molecule has 0 aliphatic carbocycles. The summed E-state index contributed by atoms with van der Waals surface area (Å²) in [5, 5.41) is 3.58. The lowest BCUT2D eigenvalue weighted by atomic mass is 10.0. The Kier molecular flexibility index (Phi) is 3.79. The standard InChI is InChI=1S/C14H21BrN2/c1-9-5-13(15)6-10(2)14(9)17-7-11(3)16-12(4)8-17/h5-6,11-12,16H,7-8H2,1-4H3. The fourth-order valence-electron chi connectivity index (χ4n) is 2.91. The Balaban J connectivity index is 2.33. The summed E-state index contributed by atoms with van der Waals surface area (Å²) in [6.07, 6.45) is 0. The first-order valence-corrected chi connectivity index (χ1v) is 7.04. The van der Waals surface area contributed by atoms with Gasteiger partial charge >= 0.3 is 0 Å². The predicted octanol–water partition coefficient (Wildman–Crippen LogP) is 3.25. The summed E-state index contributed by atoms with van der Waals surface area (Å²) in [5.41, 5.74) is 4.13. The highest BCUT2D eigenvalue weighted by atomic mass is 79.9. The third-order valence-corrected chi connectivity index (χ3v) is 3.79. The summed E-state index contributed by atoms with van der Waals surface area (Å²) >= 11 is 3.56. The molecule has 0 spiro atoms. The van der Waals surface area contributed by atoms with Crippen molar-refractivity contribution in [1.82, 2.24) is 5.32 Å². The molecule has 3 heteroatoms. The Hall–Kier alpha value is -0.540. The molecular weight excluding hydrogens is 276 g/mol. The van der Waals surface area contributed by atoms with Gasteiger partial charge in [-0.15, -0.1) is 0 Å². The minimum absolute atomic E-state index is 0.557. The van der Waals surface area contributed by atoms with Crippen molar-refractivity contribution >= 4 is 21.6 Å².